The lowest BCUT2D eigenvalue weighted by Gasteiger charge is -2.40. The molecule has 0 aromatic carbocycles. The second-order valence-corrected chi connectivity index (χ2v) is 3.97. The summed E-state index contributed by atoms with van der Waals surface area (Å²) in [6.45, 7) is 3.87. The predicted octanol–water partition coefficient (Wildman–Crippen LogP) is 1.22. The number of hydrogen-bond donors (Lipinski definition) is 2. The molecule has 1 saturated carbocycles. The molecular formula is C9H17NO2. The summed E-state index contributed by atoms with van der Waals surface area (Å²) in [6, 6.07) is 0. The monoisotopic (exact) mass is 171 g/mol. The maximum absolute atomic E-state index is 11.0. The second kappa shape index (κ2) is 3.05. The number of carboxylic acids is 1. The lowest BCUT2D eigenvalue weighted by molar-refractivity contribution is -0.149. The number of rotatable bonds is 1. The normalized spacial score (nSPS) is 34.6. The standard InChI is InChI=1S/C9H17NO2/c1-6-4-3-5-7(2)9(6,10)8(11)12/h6-7H,3-5,10H2,1-2H3,(H,11,12)/t6-,7-/m1/s1. The van der Waals surface area contributed by atoms with Crippen molar-refractivity contribution >= 4 is 5.97 Å². The number of carbonyl (C=O) groups is 1. The molecule has 12 heavy (non-hydrogen) atoms. The van der Waals surface area contributed by atoms with E-state index < -0.39 is 11.5 Å². The van der Waals surface area contributed by atoms with Crippen LogP contribution >= 0.6 is 0 Å². The molecule has 1 aliphatic rings. The van der Waals surface area contributed by atoms with Crippen LogP contribution in [0.15, 0.2) is 0 Å². The Labute approximate surface area is 72.9 Å². The van der Waals surface area contributed by atoms with Crippen LogP contribution in [0, 0.1) is 11.8 Å². The summed E-state index contributed by atoms with van der Waals surface area (Å²) >= 11 is 0. The Hall–Kier alpha value is -0.570. The van der Waals surface area contributed by atoms with Crippen molar-refractivity contribution in [2.24, 2.45) is 17.6 Å². The predicted molar refractivity (Wildman–Crippen MR) is 46.7 cm³/mol. The molecule has 0 aliphatic heterocycles. The van der Waals surface area contributed by atoms with Crippen molar-refractivity contribution in [1.29, 1.82) is 0 Å². The first-order valence-corrected chi connectivity index (χ1v) is 4.51. The maximum atomic E-state index is 11.0. The molecule has 70 valence electrons. The van der Waals surface area contributed by atoms with Gasteiger partial charge in [0.05, 0.1) is 0 Å². The molecule has 1 aliphatic carbocycles. The third-order valence-corrected chi connectivity index (χ3v) is 3.28. The third-order valence-electron chi connectivity index (χ3n) is 3.28. The first-order valence-electron chi connectivity index (χ1n) is 4.51. The van der Waals surface area contributed by atoms with Gasteiger partial charge in [-0.25, -0.2) is 0 Å². The van der Waals surface area contributed by atoms with Crippen LogP contribution in [0.5, 0.6) is 0 Å². The molecule has 3 nitrogen and oxygen atoms in total. The summed E-state index contributed by atoms with van der Waals surface area (Å²) in [6.07, 6.45) is 2.98. The van der Waals surface area contributed by atoms with Gasteiger partial charge in [-0.3, -0.25) is 4.79 Å². The van der Waals surface area contributed by atoms with E-state index in [0.29, 0.717) is 0 Å². The average molecular weight is 171 g/mol. The van der Waals surface area contributed by atoms with Crippen molar-refractivity contribution in [3.05, 3.63) is 0 Å². The van der Waals surface area contributed by atoms with Crippen LogP contribution in [-0.2, 0) is 4.79 Å². The molecule has 3 heteroatoms. The minimum absolute atomic E-state index is 0.0961. The minimum atomic E-state index is -0.988. The van der Waals surface area contributed by atoms with Crippen LogP contribution in [0.1, 0.15) is 33.1 Å². The summed E-state index contributed by atoms with van der Waals surface area (Å²) in [7, 11) is 0. The number of carboxylic acid groups (broad SMARTS) is 1. The molecule has 3 N–H and O–H groups in total. The quantitative estimate of drug-likeness (QED) is 0.623. The molecule has 0 bridgehead atoms. The van der Waals surface area contributed by atoms with Gasteiger partial charge in [0.2, 0.25) is 0 Å². The van der Waals surface area contributed by atoms with E-state index in [9.17, 15) is 4.79 Å². The van der Waals surface area contributed by atoms with Gasteiger partial charge in [-0.1, -0.05) is 20.3 Å². The molecule has 0 unspecified atom stereocenters. The fraction of sp³-hybridized carbons (Fsp3) is 0.889. The highest BCUT2D eigenvalue weighted by Gasteiger charge is 2.46. The van der Waals surface area contributed by atoms with E-state index in [1.54, 1.807) is 0 Å². The van der Waals surface area contributed by atoms with Crippen LogP contribution < -0.4 is 5.73 Å². The fourth-order valence-electron chi connectivity index (χ4n) is 2.12. The summed E-state index contributed by atoms with van der Waals surface area (Å²) < 4.78 is 0. The van der Waals surface area contributed by atoms with Crippen molar-refractivity contribution in [2.45, 2.75) is 38.6 Å². The molecule has 0 heterocycles. The number of aliphatic carboxylic acids is 1. The van der Waals surface area contributed by atoms with Gasteiger partial charge in [0, 0.05) is 0 Å². The number of hydrogen-bond acceptors (Lipinski definition) is 2. The van der Waals surface area contributed by atoms with Gasteiger partial charge >= 0.3 is 5.97 Å². The molecule has 1 fully saturated rings. The fourth-order valence-corrected chi connectivity index (χ4v) is 2.12. The molecule has 0 saturated heterocycles. The van der Waals surface area contributed by atoms with E-state index in [1.807, 2.05) is 13.8 Å². The van der Waals surface area contributed by atoms with Gasteiger partial charge in [-0.05, 0) is 24.7 Å². The van der Waals surface area contributed by atoms with Crippen molar-refractivity contribution in [1.82, 2.24) is 0 Å². The largest absolute Gasteiger partial charge is 0.480 e. The summed E-state index contributed by atoms with van der Waals surface area (Å²) in [5, 5.41) is 9.01. The maximum Gasteiger partial charge on any atom is 0.324 e. The molecular weight excluding hydrogens is 154 g/mol. The Morgan fingerprint density at radius 2 is 1.83 bits per heavy atom. The van der Waals surface area contributed by atoms with E-state index >= 15 is 0 Å². The SMILES string of the molecule is C[C@@H]1CCC[C@@H](C)C1(N)C(=O)O. The zero-order chi connectivity index (χ0) is 9.35. The highest BCUT2D eigenvalue weighted by molar-refractivity contribution is 5.79. The van der Waals surface area contributed by atoms with Crippen LogP contribution in [0.4, 0.5) is 0 Å². The van der Waals surface area contributed by atoms with Gasteiger partial charge in [-0.15, -0.1) is 0 Å². The third kappa shape index (κ3) is 1.22. The summed E-state index contributed by atoms with van der Waals surface area (Å²) in [5.74, 6) is -0.653. The number of nitrogens with two attached hydrogens (primary N) is 1. The lowest BCUT2D eigenvalue weighted by atomic mass is 9.68. The first-order chi connectivity index (χ1) is 5.49. The van der Waals surface area contributed by atoms with E-state index in [4.69, 9.17) is 10.8 Å². The van der Waals surface area contributed by atoms with Gasteiger partial charge in [0.25, 0.3) is 0 Å². The Balaban J connectivity index is 2.87. The topological polar surface area (TPSA) is 63.3 Å². The van der Waals surface area contributed by atoms with Crippen molar-refractivity contribution in [2.75, 3.05) is 0 Å². The van der Waals surface area contributed by atoms with Gasteiger partial charge in [0.1, 0.15) is 5.54 Å². The van der Waals surface area contributed by atoms with E-state index in [2.05, 4.69) is 0 Å². The molecule has 2 atom stereocenters. The highest BCUT2D eigenvalue weighted by atomic mass is 16.4. The van der Waals surface area contributed by atoms with E-state index in [-0.39, 0.29) is 11.8 Å². The van der Waals surface area contributed by atoms with Crippen molar-refractivity contribution < 1.29 is 9.90 Å². The summed E-state index contributed by atoms with van der Waals surface area (Å²) in [5.41, 5.74) is 4.90. The van der Waals surface area contributed by atoms with Crippen molar-refractivity contribution in [3.8, 4) is 0 Å². The van der Waals surface area contributed by atoms with E-state index in [0.717, 1.165) is 19.3 Å². The Kier molecular flexibility index (Phi) is 2.42. The second-order valence-electron chi connectivity index (χ2n) is 3.97. The average Bonchev–Trinajstić information content (AvgIpc) is 1.99. The molecule has 0 aromatic rings. The molecule has 0 spiro atoms. The van der Waals surface area contributed by atoms with Crippen LogP contribution in [0.25, 0.3) is 0 Å². The Bertz CT molecular complexity index is 181. The Morgan fingerprint density at radius 3 is 2.08 bits per heavy atom. The molecule has 1 rings (SSSR count). The van der Waals surface area contributed by atoms with Crippen LogP contribution in [-0.4, -0.2) is 16.6 Å². The molecule has 0 amide bonds. The Morgan fingerprint density at radius 1 is 1.42 bits per heavy atom. The zero-order valence-corrected chi connectivity index (χ0v) is 7.71. The molecule has 0 radical (unpaired) electrons. The highest BCUT2D eigenvalue weighted by Crippen LogP contribution is 2.36. The first kappa shape index (κ1) is 9.52. The van der Waals surface area contributed by atoms with Crippen molar-refractivity contribution in [3.63, 3.8) is 0 Å². The van der Waals surface area contributed by atoms with Gasteiger partial charge < -0.3 is 10.8 Å². The van der Waals surface area contributed by atoms with Gasteiger partial charge in [0.15, 0.2) is 0 Å². The van der Waals surface area contributed by atoms with E-state index in [1.165, 1.54) is 0 Å². The van der Waals surface area contributed by atoms with Crippen LogP contribution in [0.3, 0.4) is 0 Å². The van der Waals surface area contributed by atoms with Crippen LogP contribution in [0.2, 0.25) is 0 Å². The van der Waals surface area contributed by atoms with Gasteiger partial charge in [-0.2, -0.15) is 0 Å². The smallest absolute Gasteiger partial charge is 0.324 e. The lowest BCUT2D eigenvalue weighted by Crippen LogP contribution is -2.59. The molecule has 0 aromatic heterocycles. The minimum Gasteiger partial charge on any atom is -0.480 e. The zero-order valence-electron chi connectivity index (χ0n) is 7.71. The summed E-state index contributed by atoms with van der Waals surface area (Å²) in [4.78, 5) is 11.0.